The van der Waals surface area contributed by atoms with Gasteiger partial charge in [0.15, 0.2) is 0 Å². The highest BCUT2D eigenvalue weighted by atomic mass is 19.4. The summed E-state index contributed by atoms with van der Waals surface area (Å²) in [6.07, 6.45) is -1.93. The van der Waals surface area contributed by atoms with Gasteiger partial charge in [-0.25, -0.2) is 19.3 Å². The first-order valence-corrected chi connectivity index (χ1v) is 10.8. The van der Waals surface area contributed by atoms with Crippen LogP contribution in [0, 0.1) is 12.7 Å². The van der Waals surface area contributed by atoms with Crippen molar-refractivity contribution in [3.63, 3.8) is 0 Å². The van der Waals surface area contributed by atoms with Crippen LogP contribution in [-0.2, 0) is 6.18 Å². The van der Waals surface area contributed by atoms with Crippen molar-refractivity contribution >= 4 is 34.0 Å². The van der Waals surface area contributed by atoms with Crippen LogP contribution >= 0.6 is 0 Å². The highest BCUT2D eigenvalue weighted by Gasteiger charge is 2.35. The first-order chi connectivity index (χ1) is 16.6. The topological polar surface area (TPSA) is 98.6 Å². The number of carbonyl (C=O) groups is 1. The van der Waals surface area contributed by atoms with E-state index in [-0.39, 0.29) is 41.6 Å². The quantitative estimate of drug-likeness (QED) is 0.386. The van der Waals surface area contributed by atoms with E-state index < -0.39 is 23.6 Å². The molecule has 1 amide bonds. The number of hydrogen-bond acceptors (Lipinski definition) is 6. The largest absolute Gasteiger partial charge is 0.474 e. The highest BCUT2D eigenvalue weighted by Crippen LogP contribution is 2.36. The lowest BCUT2D eigenvalue weighted by atomic mass is 10.1. The van der Waals surface area contributed by atoms with Gasteiger partial charge in [0.25, 0.3) is 5.91 Å². The molecule has 12 heteroatoms. The number of halogens is 4. The zero-order chi connectivity index (χ0) is 25.5. The molecule has 0 radical (unpaired) electrons. The zero-order valence-corrected chi connectivity index (χ0v) is 19.1. The van der Waals surface area contributed by atoms with E-state index in [4.69, 9.17) is 10.5 Å². The number of nitrogen functional groups attached to an aromatic ring is 1. The summed E-state index contributed by atoms with van der Waals surface area (Å²) in [5.41, 5.74) is 6.31. The molecule has 184 valence electrons. The van der Waals surface area contributed by atoms with Gasteiger partial charge in [0, 0.05) is 6.07 Å². The molecular formula is C23H22F4N6O2. The number of aryl methyl sites for hydroxylation is 1. The molecule has 1 aromatic carbocycles. The molecule has 2 N–H and O–H groups in total. The molecule has 0 fully saturated rings. The summed E-state index contributed by atoms with van der Waals surface area (Å²) in [7, 11) is 0. The lowest BCUT2D eigenvalue weighted by molar-refractivity contribution is -0.141. The standard InChI is InChI=1S/C20H14F4N6O2.C3H8/c1-9-16-17(25)27-12-7-11(21)10(6-14(12)30(16)8-26-9)19(31)29-4-5-32-18-13(29)2-3-15(28-18)20(22,23)24;1-3-2/h2-3,6-8H,4-5H2,1H3,(H2,25,27);3H2,1-2H3. The fraction of sp³-hybridized carbons (Fsp3) is 0.304. The minimum Gasteiger partial charge on any atom is -0.474 e. The molecular weight excluding hydrogens is 468 g/mol. The molecule has 1 aliphatic rings. The molecule has 3 aromatic heterocycles. The number of ether oxygens (including phenoxy) is 1. The van der Waals surface area contributed by atoms with Gasteiger partial charge in [-0.2, -0.15) is 13.2 Å². The molecule has 0 atom stereocenters. The Morgan fingerprint density at radius 1 is 1.20 bits per heavy atom. The maximum atomic E-state index is 14.9. The van der Waals surface area contributed by atoms with Gasteiger partial charge >= 0.3 is 6.18 Å². The Balaban J connectivity index is 0.000000917. The number of rotatable bonds is 1. The monoisotopic (exact) mass is 490 g/mol. The number of nitrogens with zero attached hydrogens (tertiary/aromatic N) is 5. The van der Waals surface area contributed by atoms with E-state index >= 15 is 0 Å². The average Bonchev–Trinajstić information content (AvgIpc) is 3.20. The van der Waals surface area contributed by atoms with E-state index in [2.05, 4.69) is 28.8 Å². The van der Waals surface area contributed by atoms with Gasteiger partial charge in [0.1, 0.15) is 41.5 Å². The first kappa shape index (κ1) is 24.2. The number of aromatic nitrogens is 4. The molecule has 0 saturated carbocycles. The number of fused-ring (bicyclic) bond motifs is 4. The Kier molecular flexibility index (Phi) is 6.22. The first-order valence-electron chi connectivity index (χ1n) is 10.8. The maximum absolute atomic E-state index is 14.9. The van der Waals surface area contributed by atoms with Gasteiger partial charge in [-0.05, 0) is 25.1 Å². The molecule has 4 aromatic rings. The van der Waals surface area contributed by atoms with Crippen molar-refractivity contribution < 1.29 is 27.1 Å². The molecule has 0 saturated heterocycles. The van der Waals surface area contributed by atoms with Crippen LogP contribution in [0.25, 0.3) is 16.6 Å². The Bertz CT molecular complexity index is 1430. The van der Waals surface area contributed by atoms with Gasteiger partial charge < -0.3 is 10.5 Å². The summed E-state index contributed by atoms with van der Waals surface area (Å²) in [5, 5.41) is 0. The summed E-state index contributed by atoms with van der Waals surface area (Å²) in [5.74, 6) is -1.78. The molecule has 5 rings (SSSR count). The number of pyridine rings is 1. The summed E-state index contributed by atoms with van der Waals surface area (Å²) in [4.78, 5) is 26.2. The van der Waals surface area contributed by atoms with Crippen LogP contribution in [0.4, 0.5) is 29.1 Å². The number of amides is 1. The van der Waals surface area contributed by atoms with Crippen molar-refractivity contribution in [3.05, 3.63) is 53.4 Å². The fourth-order valence-electron chi connectivity index (χ4n) is 3.72. The summed E-state index contributed by atoms with van der Waals surface area (Å²) in [6, 6.07) is 4.23. The van der Waals surface area contributed by atoms with Crippen LogP contribution in [0.1, 0.15) is 42.0 Å². The number of anilines is 2. The molecule has 4 heterocycles. The van der Waals surface area contributed by atoms with Crippen molar-refractivity contribution in [2.45, 2.75) is 33.4 Å². The molecule has 0 aliphatic carbocycles. The third-order valence-corrected chi connectivity index (χ3v) is 5.21. The molecule has 35 heavy (non-hydrogen) atoms. The maximum Gasteiger partial charge on any atom is 0.433 e. The lowest BCUT2D eigenvalue weighted by Gasteiger charge is -2.29. The zero-order valence-electron chi connectivity index (χ0n) is 19.1. The minimum absolute atomic E-state index is 0.00986. The van der Waals surface area contributed by atoms with Crippen molar-refractivity contribution in [1.29, 1.82) is 0 Å². The Labute approximate surface area is 197 Å². The number of benzene rings is 1. The van der Waals surface area contributed by atoms with Crippen molar-refractivity contribution in [3.8, 4) is 5.88 Å². The third kappa shape index (κ3) is 4.31. The molecule has 0 spiro atoms. The van der Waals surface area contributed by atoms with Gasteiger partial charge in [-0.1, -0.05) is 20.3 Å². The predicted octanol–water partition coefficient (Wildman–Crippen LogP) is 4.78. The van der Waals surface area contributed by atoms with Gasteiger partial charge in [-0.15, -0.1) is 0 Å². The normalized spacial score (nSPS) is 13.3. The van der Waals surface area contributed by atoms with Crippen LogP contribution in [0.2, 0.25) is 0 Å². The van der Waals surface area contributed by atoms with E-state index in [1.54, 1.807) is 11.3 Å². The summed E-state index contributed by atoms with van der Waals surface area (Å²) < 4.78 is 60.6. The van der Waals surface area contributed by atoms with Crippen LogP contribution in [0.15, 0.2) is 30.6 Å². The minimum atomic E-state index is -4.67. The molecule has 8 nitrogen and oxygen atoms in total. The second-order valence-electron chi connectivity index (χ2n) is 7.90. The third-order valence-electron chi connectivity index (χ3n) is 5.21. The number of carbonyl (C=O) groups excluding carboxylic acids is 1. The Morgan fingerprint density at radius 3 is 2.60 bits per heavy atom. The SMILES string of the molecule is CCC.Cc1ncn2c1c(N)nc1cc(F)c(C(=O)N3CCOc4nc(C(F)(F)F)ccc43)cc12. The second-order valence-corrected chi connectivity index (χ2v) is 7.90. The van der Waals surface area contributed by atoms with Crippen LogP contribution in [0.3, 0.4) is 0 Å². The number of imidazole rings is 1. The van der Waals surface area contributed by atoms with E-state index in [0.29, 0.717) is 16.7 Å². The average molecular weight is 490 g/mol. The second kappa shape index (κ2) is 9.01. The summed E-state index contributed by atoms with van der Waals surface area (Å²) in [6.45, 7) is 5.91. The van der Waals surface area contributed by atoms with E-state index in [0.717, 1.165) is 23.1 Å². The summed E-state index contributed by atoms with van der Waals surface area (Å²) >= 11 is 0. The van der Waals surface area contributed by atoms with Gasteiger partial charge in [-0.3, -0.25) is 14.1 Å². The van der Waals surface area contributed by atoms with Gasteiger partial charge in [0.05, 0.1) is 28.8 Å². The number of alkyl halides is 3. The van der Waals surface area contributed by atoms with Crippen LogP contribution in [0.5, 0.6) is 5.88 Å². The lowest BCUT2D eigenvalue weighted by Crippen LogP contribution is -2.39. The van der Waals surface area contributed by atoms with Crippen molar-refractivity contribution in [1.82, 2.24) is 19.4 Å². The van der Waals surface area contributed by atoms with Crippen molar-refractivity contribution in [2.24, 2.45) is 0 Å². The van der Waals surface area contributed by atoms with E-state index in [9.17, 15) is 22.4 Å². The van der Waals surface area contributed by atoms with E-state index in [1.807, 2.05) is 0 Å². The van der Waals surface area contributed by atoms with Gasteiger partial charge in [0.2, 0.25) is 5.88 Å². The molecule has 0 unspecified atom stereocenters. The van der Waals surface area contributed by atoms with Crippen LogP contribution < -0.4 is 15.4 Å². The van der Waals surface area contributed by atoms with E-state index in [1.165, 1.54) is 18.8 Å². The molecule has 0 bridgehead atoms. The number of nitrogens with two attached hydrogens (primary N) is 1. The fourth-order valence-corrected chi connectivity index (χ4v) is 3.72. The number of hydrogen-bond donors (Lipinski definition) is 1. The van der Waals surface area contributed by atoms with Crippen molar-refractivity contribution in [2.75, 3.05) is 23.8 Å². The Hall–Kier alpha value is -3.96. The predicted molar refractivity (Wildman–Crippen MR) is 122 cm³/mol. The molecule has 1 aliphatic heterocycles. The highest BCUT2D eigenvalue weighted by molar-refractivity contribution is 6.08. The Morgan fingerprint density at radius 2 is 1.91 bits per heavy atom. The van der Waals surface area contributed by atoms with Crippen LogP contribution in [-0.4, -0.2) is 38.4 Å². The smallest absolute Gasteiger partial charge is 0.433 e.